The number of nitrogens with zero attached hydrogens (tertiary/aromatic N) is 4. The zero-order valence-electron chi connectivity index (χ0n) is 17.6. The third-order valence-electron chi connectivity index (χ3n) is 5.96. The molecule has 6 nitrogen and oxygen atoms in total. The van der Waals surface area contributed by atoms with E-state index in [4.69, 9.17) is 6.57 Å². The lowest BCUT2D eigenvalue weighted by Crippen LogP contribution is -2.38. The van der Waals surface area contributed by atoms with Crippen LogP contribution < -0.4 is 5.32 Å². The van der Waals surface area contributed by atoms with E-state index < -0.39 is 12.6 Å². The predicted octanol–water partition coefficient (Wildman–Crippen LogP) is 5.90. The number of piperidine rings is 1. The Morgan fingerprint density at radius 1 is 1.18 bits per heavy atom. The van der Waals surface area contributed by atoms with Gasteiger partial charge in [0.1, 0.15) is 17.0 Å². The molecule has 1 aliphatic rings. The molecule has 1 aliphatic heterocycles. The third kappa shape index (κ3) is 4.79. The first-order chi connectivity index (χ1) is 15.9. The minimum Gasteiger partial charge on any atom is -0.367 e. The topological polar surface area (TPSA) is 61.2 Å². The molecule has 0 bridgehead atoms. The van der Waals surface area contributed by atoms with Gasteiger partial charge in [0.05, 0.1) is 18.4 Å². The van der Waals surface area contributed by atoms with Crippen molar-refractivity contribution in [2.75, 3.05) is 18.4 Å². The van der Waals surface area contributed by atoms with Gasteiger partial charge in [0.25, 0.3) is 0 Å². The highest BCUT2D eigenvalue weighted by Crippen LogP contribution is 2.33. The van der Waals surface area contributed by atoms with Gasteiger partial charge in [-0.3, -0.25) is 4.90 Å². The van der Waals surface area contributed by atoms with Crippen molar-refractivity contribution in [1.29, 1.82) is 0 Å². The molecule has 0 aliphatic carbocycles. The molecule has 1 saturated heterocycles. The fraction of sp³-hybridized carbons (Fsp3) is 0.348. The van der Waals surface area contributed by atoms with Gasteiger partial charge < -0.3 is 10.3 Å². The van der Waals surface area contributed by atoms with Gasteiger partial charge in [-0.1, -0.05) is 12.1 Å². The van der Waals surface area contributed by atoms with Crippen molar-refractivity contribution in [3.05, 3.63) is 58.6 Å². The van der Waals surface area contributed by atoms with Crippen LogP contribution in [0.5, 0.6) is 0 Å². The van der Waals surface area contributed by atoms with Gasteiger partial charge in [-0.05, 0) is 30.5 Å². The van der Waals surface area contributed by atoms with E-state index in [1.165, 1.54) is 11.9 Å². The summed E-state index contributed by atoms with van der Waals surface area (Å²) >= 11 is 1.07. The first-order valence-corrected chi connectivity index (χ1v) is 11.5. The van der Waals surface area contributed by atoms with Gasteiger partial charge in [0, 0.05) is 47.7 Å². The Balaban J connectivity index is 1.22. The van der Waals surface area contributed by atoms with Crippen LogP contribution in [0.15, 0.2) is 36.8 Å². The number of fused-ring (bicyclic) bond motifs is 2. The quantitative estimate of drug-likeness (QED) is 0.356. The molecule has 4 aromatic rings. The number of hydrogen-bond donors (Lipinski definition) is 2. The fourth-order valence-electron chi connectivity index (χ4n) is 4.35. The maximum atomic E-state index is 12.8. The Kier molecular flexibility index (Phi) is 5.68. The standard InChI is InChI=1S/C23H21F3N6S/c1-27-16-2-3-18-14(11-28-20(18)8-16)12-32-6-4-15(5-7-32)31-21-19-9-17(10-23(24,25)26)33-22(19)30-13-29-21/h2-3,8-9,11,13,15,28H,4-7,10,12H2,(H,29,30,31). The summed E-state index contributed by atoms with van der Waals surface area (Å²) < 4.78 is 38.3. The van der Waals surface area contributed by atoms with Gasteiger partial charge in [-0.25, -0.2) is 14.8 Å². The molecule has 0 saturated carbocycles. The van der Waals surface area contributed by atoms with E-state index in [1.54, 1.807) is 6.07 Å². The predicted molar refractivity (Wildman–Crippen MR) is 124 cm³/mol. The molecule has 2 N–H and O–H groups in total. The summed E-state index contributed by atoms with van der Waals surface area (Å²) in [4.78, 5) is 18.4. The summed E-state index contributed by atoms with van der Waals surface area (Å²) in [6, 6.07) is 7.47. The number of rotatable bonds is 5. The van der Waals surface area contributed by atoms with Crippen LogP contribution in [0.3, 0.4) is 0 Å². The lowest BCUT2D eigenvalue weighted by molar-refractivity contribution is -0.126. The highest BCUT2D eigenvalue weighted by atomic mass is 32.1. The van der Waals surface area contributed by atoms with Crippen LogP contribution in [0, 0.1) is 6.57 Å². The molecule has 0 unspecified atom stereocenters. The van der Waals surface area contributed by atoms with Crippen LogP contribution in [0.2, 0.25) is 0 Å². The number of nitrogens with one attached hydrogen (secondary N) is 2. The van der Waals surface area contributed by atoms with E-state index in [0.29, 0.717) is 21.7 Å². The van der Waals surface area contributed by atoms with Crippen LogP contribution in [0.1, 0.15) is 23.3 Å². The normalized spacial score (nSPS) is 15.8. The molecule has 10 heteroatoms. The number of hydrogen-bond acceptors (Lipinski definition) is 5. The monoisotopic (exact) mass is 470 g/mol. The Morgan fingerprint density at radius 3 is 2.76 bits per heavy atom. The second kappa shape index (κ2) is 8.65. The lowest BCUT2D eigenvalue weighted by atomic mass is 10.0. The Labute approximate surface area is 192 Å². The summed E-state index contributed by atoms with van der Waals surface area (Å²) in [6.07, 6.45) is 0.0573. The van der Waals surface area contributed by atoms with E-state index in [9.17, 15) is 13.2 Å². The van der Waals surface area contributed by atoms with Crippen molar-refractivity contribution < 1.29 is 13.2 Å². The van der Waals surface area contributed by atoms with E-state index >= 15 is 0 Å². The molecular formula is C23H21F3N6S. The number of likely N-dealkylation sites (tertiary alicyclic amines) is 1. The largest absolute Gasteiger partial charge is 0.393 e. The average Bonchev–Trinajstić information content (AvgIpc) is 3.37. The third-order valence-corrected chi connectivity index (χ3v) is 7.00. The number of thiophene rings is 1. The second-order valence-corrected chi connectivity index (χ2v) is 9.41. The Bertz CT molecular complexity index is 1330. The van der Waals surface area contributed by atoms with Crippen molar-refractivity contribution in [3.8, 4) is 0 Å². The first kappa shape index (κ1) is 21.7. The van der Waals surface area contributed by atoms with Crippen molar-refractivity contribution in [1.82, 2.24) is 19.9 Å². The highest BCUT2D eigenvalue weighted by Gasteiger charge is 2.29. The molecule has 0 radical (unpaired) electrons. The summed E-state index contributed by atoms with van der Waals surface area (Å²) in [7, 11) is 0. The van der Waals surface area contributed by atoms with E-state index in [0.717, 1.165) is 54.7 Å². The van der Waals surface area contributed by atoms with Crippen LogP contribution in [-0.4, -0.2) is 45.2 Å². The number of aromatic amines is 1. The molecule has 170 valence electrons. The van der Waals surface area contributed by atoms with E-state index in [-0.39, 0.29) is 10.9 Å². The van der Waals surface area contributed by atoms with Crippen molar-refractivity contribution in [2.24, 2.45) is 0 Å². The molecule has 3 aromatic heterocycles. The van der Waals surface area contributed by atoms with E-state index in [1.807, 2.05) is 24.4 Å². The zero-order chi connectivity index (χ0) is 23.0. The number of anilines is 1. The number of halogens is 3. The molecular weight excluding hydrogens is 449 g/mol. The second-order valence-electron chi connectivity index (χ2n) is 8.30. The minimum atomic E-state index is -4.24. The zero-order valence-corrected chi connectivity index (χ0v) is 18.4. The lowest BCUT2D eigenvalue weighted by Gasteiger charge is -2.32. The summed E-state index contributed by atoms with van der Waals surface area (Å²) in [6.45, 7) is 9.79. The number of H-pyrrole nitrogens is 1. The Morgan fingerprint density at radius 2 is 2.00 bits per heavy atom. The molecule has 5 rings (SSSR count). The summed E-state index contributed by atoms with van der Waals surface area (Å²) in [5.41, 5.74) is 2.81. The maximum Gasteiger partial charge on any atom is 0.393 e. The summed E-state index contributed by atoms with van der Waals surface area (Å²) in [5, 5.41) is 5.23. The van der Waals surface area contributed by atoms with Gasteiger partial charge in [-0.15, -0.1) is 11.3 Å². The number of aromatic nitrogens is 3. The van der Waals surface area contributed by atoms with Crippen LogP contribution in [0.25, 0.3) is 26.0 Å². The van der Waals surface area contributed by atoms with Gasteiger partial charge >= 0.3 is 6.18 Å². The average molecular weight is 471 g/mol. The van der Waals surface area contributed by atoms with Gasteiger partial charge in [-0.2, -0.15) is 13.2 Å². The van der Waals surface area contributed by atoms with Crippen LogP contribution in [0.4, 0.5) is 24.7 Å². The van der Waals surface area contributed by atoms with E-state index in [2.05, 4.69) is 30.0 Å². The number of alkyl halides is 3. The van der Waals surface area contributed by atoms with Gasteiger partial charge in [0.2, 0.25) is 0 Å². The molecule has 0 spiro atoms. The van der Waals surface area contributed by atoms with Crippen molar-refractivity contribution in [3.63, 3.8) is 0 Å². The van der Waals surface area contributed by atoms with Crippen molar-refractivity contribution >= 4 is 44.0 Å². The summed E-state index contributed by atoms with van der Waals surface area (Å²) in [5.74, 6) is 0.607. The van der Waals surface area contributed by atoms with Gasteiger partial charge in [0.15, 0.2) is 5.69 Å². The molecule has 1 aromatic carbocycles. The smallest absolute Gasteiger partial charge is 0.367 e. The number of benzene rings is 1. The first-order valence-electron chi connectivity index (χ1n) is 10.6. The molecule has 1 fully saturated rings. The molecule has 0 atom stereocenters. The van der Waals surface area contributed by atoms with Crippen LogP contribution >= 0.6 is 11.3 Å². The fourth-order valence-corrected chi connectivity index (χ4v) is 5.38. The van der Waals surface area contributed by atoms with Crippen LogP contribution in [-0.2, 0) is 13.0 Å². The minimum absolute atomic E-state index is 0.203. The molecule has 0 amide bonds. The SMILES string of the molecule is [C-]#[N+]c1ccc2c(CN3CCC(Nc4ncnc5sc(CC(F)(F)F)cc45)CC3)c[nH]c2c1. The highest BCUT2D eigenvalue weighted by molar-refractivity contribution is 7.18. The molecule has 33 heavy (non-hydrogen) atoms. The van der Waals surface area contributed by atoms with Crippen molar-refractivity contribution in [2.45, 2.75) is 38.0 Å². The maximum absolute atomic E-state index is 12.8. The molecule has 4 heterocycles. The Hall–Kier alpha value is -3.16.